The van der Waals surface area contributed by atoms with Crippen molar-refractivity contribution in [1.82, 2.24) is 14.9 Å². The average Bonchev–Trinajstić information content (AvgIpc) is 2.55. The van der Waals surface area contributed by atoms with Gasteiger partial charge in [-0.05, 0) is 6.07 Å². The highest BCUT2D eigenvalue weighted by molar-refractivity contribution is 5.55. The highest BCUT2D eigenvalue weighted by Crippen LogP contribution is 2.14. The lowest BCUT2D eigenvalue weighted by Crippen LogP contribution is -1.86. The lowest BCUT2D eigenvalue weighted by atomic mass is 10.3. The van der Waals surface area contributed by atoms with Crippen LogP contribution in [0.4, 0.5) is 0 Å². The Morgan fingerprint density at radius 3 is 3.00 bits per heavy atom. The molecule has 56 valence electrons. The van der Waals surface area contributed by atoms with Crippen molar-refractivity contribution >= 4 is 0 Å². The van der Waals surface area contributed by atoms with E-state index in [4.69, 9.17) is 0 Å². The van der Waals surface area contributed by atoms with Crippen LogP contribution in [0.15, 0.2) is 29.2 Å². The minimum Gasteiger partial charge on any atom is -0.364 e. The minimum absolute atomic E-state index is 0.883. The van der Waals surface area contributed by atoms with Crippen molar-refractivity contribution in [2.75, 3.05) is 0 Å². The average molecular weight is 149 g/mol. The number of nitrogens with zero attached hydrogens (tertiary/aromatic N) is 3. The molecule has 0 aliphatic rings. The van der Waals surface area contributed by atoms with Crippen LogP contribution >= 0.6 is 0 Å². The molecule has 0 radical (unpaired) electrons. The molecule has 2 aromatic heterocycles. The van der Waals surface area contributed by atoms with Gasteiger partial charge in [0.25, 0.3) is 0 Å². The standard InChI is InChI=1S/C7H7N3O/c1-10-3-2-7(9-10)6-4-8-11-5-6/h2-5H,1H3. The maximum atomic E-state index is 4.68. The summed E-state index contributed by atoms with van der Waals surface area (Å²) in [4.78, 5) is 0. The Kier molecular flexibility index (Phi) is 1.25. The maximum absolute atomic E-state index is 4.68. The highest BCUT2D eigenvalue weighted by atomic mass is 16.5. The molecule has 0 unspecified atom stereocenters. The zero-order valence-electron chi connectivity index (χ0n) is 6.06. The number of rotatable bonds is 1. The Labute approximate surface area is 63.4 Å². The van der Waals surface area contributed by atoms with E-state index in [1.165, 1.54) is 0 Å². The summed E-state index contributed by atoms with van der Waals surface area (Å²) in [6.45, 7) is 0. The van der Waals surface area contributed by atoms with Crippen molar-refractivity contribution < 1.29 is 4.52 Å². The molecule has 0 bridgehead atoms. The SMILES string of the molecule is Cn1ccc(-c2cnoc2)n1. The largest absolute Gasteiger partial charge is 0.364 e. The lowest BCUT2D eigenvalue weighted by Gasteiger charge is -1.85. The molecule has 0 aliphatic heterocycles. The van der Waals surface area contributed by atoms with Crippen LogP contribution in [0, 0.1) is 0 Å². The number of hydrogen-bond donors (Lipinski definition) is 0. The molecule has 2 rings (SSSR count). The summed E-state index contributed by atoms with van der Waals surface area (Å²) in [7, 11) is 1.87. The van der Waals surface area contributed by atoms with Gasteiger partial charge in [-0.2, -0.15) is 5.10 Å². The second-order valence-corrected chi connectivity index (χ2v) is 2.29. The molecule has 0 saturated carbocycles. The summed E-state index contributed by atoms with van der Waals surface area (Å²) in [5.41, 5.74) is 1.79. The van der Waals surface area contributed by atoms with Gasteiger partial charge in [-0.15, -0.1) is 0 Å². The van der Waals surface area contributed by atoms with Gasteiger partial charge in [-0.25, -0.2) is 0 Å². The molecule has 0 saturated heterocycles. The molecule has 0 aliphatic carbocycles. The fraction of sp³-hybridized carbons (Fsp3) is 0.143. The van der Waals surface area contributed by atoms with Crippen LogP contribution in [0.1, 0.15) is 0 Å². The van der Waals surface area contributed by atoms with Gasteiger partial charge < -0.3 is 4.52 Å². The van der Waals surface area contributed by atoms with E-state index in [-0.39, 0.29) is 0 Å². The van der Waals surface area contributed by atoms with Gasteiger partial charge in [0.2, 0.25) is 0 Å². The summed E-state index contributed by atoms with van der Waals surface area (Å²) in [5.74, 6) is 0. The van der Waals surface area contributed by atoms with Crippen LogP contribution in [0.5, 0.6) is 0 Å². The van der Waals surface area contributed by atoms with Crippen LogP contribution in [-0.2, 0) is 7.05 Å². The first-order valence-corrected chi connectivity index (χ1v) is 3.25. The normalized spacial score (nSPS) is 10.3. The molecular formula is C7H7N3O. The smallest absolute Gasteiger partial charge is 0.133 e. The van der Waals surface area contributed by atoms with E-state index in [1.807, 2.05) is 19.3 Å². The van der Waals surface area contributed by atoms with Gasteiger partial charge in [0, 0.05) is 13.2 Å². The Balaban J connectivity index is 2.45. The third-order valence-corrected chi connectivity index (χ3v) is 1.44. The molecular weight excluding hydrogens is 142 g/mol. The third-order valence-electron chi connectivity index (χ3n) is 1.44. The molecule has 0 amide bonds. The number of aryl methyl sites for hydroxylation is 1. The predicted octanol–water partition coefficient (Wildman–Crippen LogP) is 1.08. The molecule has 11 heavy (non-hydrogen) atoms. The van der Waals surface area contributed by atoms with Crippen molar-refractivity contribution in [3.63, 3.8) is 0 Å². The quantitative estimate of drug-likeness (QED) is 0.609. The van der Waals surface area contributed by atoms with Gasteiger partial charge in [-0.3, -0.25) is 4.68 Å². The molecule has 4 heteroatoms. The molecule has 2 heterocycles. The summed E-state index contributed by atoms with van der Waals surface area (Å²) >= 11 is 0. The van der Waals surface area contributed by atoms with Gasteiger partial charge in [0.1, 0.15) is 6.26 Å². The monoisotopic (exact) mass is 149 g/mol. The Bertz CT molecular complexity index is 336. The first-order valence-electron chi connectivity index (χ1n) is 3.25. The van der Waals surface area contributed by atoms with Crippen LogP contribution < -0.4 is 0 Å². The summed E-state index contributed by atoms with van der Waals surface area (Å²) in [5, 5.41) is 7.75. The van der Waals surface area contributed by atoms with Crippen molar-refractivity contribution in [2.24, 2.45) is 7.05 Å². The third kappa shape index (κ3) is 1.02. The van der Waals surface area contributed by atoms with Crippen molar-refractivity contribution in [2.45, 2.75) is 0 Å². The van der Waals surface area contributed by atoms with Crippen molar-refractivity contribution in [3.05, 3.63) is 24.7 Å². The summed E-state index contributed by atoms with van der Waals surface area (Å²) in [6, 6.07) is 1.91. The van der Waals surface area contributed by atoms with E-state index >= 15 is 0 Å². The van der Waals surface area contributed by atoms with Crippen LogP contribution in [0.2, 0.25) is 0 Å². The van der Waals surface area contributed by atoms with Crippen LogP contribution in [-0.4, -0.2) is 14.9 Å². The molecule has 0 spiro atoms. The van der Waals surface area contributed by atoms with E-state index < -0.39 is 0 Å². The van der Waals surface area contributed by atoms with Gasteiger partial charge in [-0.1, -0.05) is 5.16 Å². The molecule has 2 aromatic rings. The summed E-state index contributed by atoms with van der Waals surface area (Å²) < 4.78 is 6.42. The molecule has 0 atom stereocenters. The fourth-order valence-electron chi connectivity index (χ4n) is 0.900. The molecule has 0 aromatic carbocycles. The second-order valence-electron chi connectivity index (χ2n) is 2.29. The molecule has 4 nitrogen and oxygen atoms in total. The topological polar surface area (TPSA) is 43.9 Å². The van der Waals surface area contributed by atoms with E-state index in [0.717, 1.165) is 11.3 Å². The predicted molar refractivity (Wildman–Crippen MR) is 38.7 cm³/mol. The zero-order valence-corrected chi connectivity index (χ0v) is 6.06. The van der Waals surface area contributed by atoms with E-state index in [0.29, 0.717) is 0 Å². The first kappa shape index (κ1) is 6.15. The number of hydrogen-bond acceptors (Lipinski definition) is 3. The molecule has 0 N–H and O–H groups in total. The highest BCUT2D eigenvalue weighted by Gasteiger charge is 2.01. The van der Waals surface area contributed by atoms with E-state index in [2.05, 4.69) is 14.8 Å². The van der Waals surface area contributed by atoms with Gasteiger partial charge >= 0.3 is 0 Å². The Hall–Kier alpha value is -1.58. The van der Waals surface area contributed by atoms with Gasteiger partial charge in [0.05, 0.1) is 17.5 Å². The van der Waals surface area contributed by atoms with Crippen LogP contribution in [0.3, 0.4) is 0 Å². The summed E-state index contributed by atoms with van der Waals surface area (Å²) in [6.07, 6.45) is 5.09. The number of aromatic nitrogens is 3. The Morgan fingerprint density at radius 2 is 2.45 bits per heavy atom. The van der Waals surface area contributed by atoms with E-state index in [9.17, 15) is 0 Å². The maximum Gasteiger partial charge on any atom is 0.133 e. The van der Waals surface area contributed by atoms with Gasteiger partial charge in [0.15, 0.2) is 0 Å². The fourth-order valence-corrected chi connectivity index (χ4v) is 0.900. The van der Waals surface area contributed by atoms with E-state index in [1.54, 1.807) is 17.1 Å². The lowest BCUT2D eigenvalue weighted by molar-refractivity contribution is 0.420. The second kappa shape index (κ2) is 2.23. The minimum atomic E-state index is 0.883. The Morgan fingerprint density at radius 1 is 1.55 bits per heavy atom. The van der Waals surface area contributed by atoms with Crippen molar-refractivity contribution in [3.8, 4) is 11.3 Å². The zero-order chi connectivity index (χ0) is 7.68. The van der Waals surface area contributed by atoms with Crippen molar-refractivity contribution in [1.29, 1.82) is 0 Å². The first-order chi connectivity index (χ1) is 5.36. The van der Waals surface area contributed by atoms with Crippen LogP contribution in [0.25, 0.3) is 11.3 Å². The molecule has 0 fully saturated rings.